The average molecular weight is 312 g/mol. The lowest BCUT2D eigenvalue weighted by Crippen LogP contribution is -2.56. The molecule has 0 radical (unpaired) electrons. The largest absolute Gasteiger partial charge is 0.368 e. The van der Waals surface area contributed by atoms with Crippen LogP contribution in [0.25, 0.3) is 0 Å². The summed E-state index contributed by atoms with van der Waals surface area (Å²) in [6.45, 7) is 0. The molecule has 0 spiro atoms. The predicted octanol–water partition coefficient (Wildman–Crippen LogP) is 0.195. The van der Waals surface area contributed by atoms with E-state index in [-0.39, 0.29) is 17.8 Å². The highest BCUT2D eigenvalue weighted by molar-refractivity contribution is 5.94. The van der Waals surface area contributed by atoms with Gasteiger partial charge in [0.25, 0.3) is 12.3 Å². The third-order valence-corrected chi connectivity index (χ3v) is 4.98. The van der Waals surface area contributed by atoms with Gasteiger partial charge < -0.3 is 20.3 Å². The van der Waals surface area contributed by atoms with Gasteiger partial charge in [0.15, 0.2) is 5.72 Å². The first-order chi connectivity index (χ1) is 10.3. The highest BCUT2D eigenvalue weighted by Crippen LogP contribution is 2.46. The van der Waals surface area contributed by atoms with Gasteiger partial charge in [0.1, 0.15) is 11.7 Å². The third-order valence-electron chi connectivity index (χ3n) is 4.98. The van der Waals surface area contributed by atoms with Gasteiger partial charge in [0.2, 0.25) is 0 Å². The molecule has 0 unspecified atom stereocenters. The van der Waals surface area contributed by atoms with Crippen LogP contribution >= 0.6 is 0 Å². The zero-order valence-corrected chi connectivity index (χ0v) is 11.6. The fourth-order valence-corrected chi connectivity index (χ4v) is 3.88. The number of fused-ring (bicyclic) bond motifs is 5. The minimum Gasteiger partial charge on any atom is -0.368 e. The summed E-state index contributed by atoms with van der Waals surface area (Å²) in [5.41, 5.74) is -1.61. The molecule has 3 amide bonds. The number of carbonyl (C=O) groups excluding carboxylic acids is 2. The topological polar surface area (TPSA) is 86.6 Å². The molecule has 3 heterocycles. The minimum absolute atomic E-state index is 0.0687. The summed E-state index contributed by atoms with van der Waals surface area (Å²) in [6.07, 6.45) is -2.65. The number of alkyl halides is 2. The van der Waals surface area contributed by atoms with Gasteiger partial charge in [-0.25, -0.2) is 13.6 Å². The molecule has 2 aliphatic heterocycles. The van der Waals surface area contributed by atoms with E-state index in [4.69, 9.17) is 0 Å². The monoisotopic (exact) mass is 312 g/mol. The number of aromatic nitrogens is 1. The Morgan fingerprint density at radius 2 is 2.09 bits per heavy atom. The summed E-state index contributed by atoms with van der Waals surface area (Å²) in [5.74, 6) is -0.485. The van der Waals surface area contributed by atoms with Crippen LogP contribution in [0, 0.1) is 0 Å². The van der Waals surface area contributed by atoms with Crippen molar-refractivity contribution in [2.75, 3.05) is 7.05 Å². The van der Waals surface area contributed by atoms with Crippen LogP contribution in [-0.2, 0) is 0 Å². The molecule has 1 saturated carbocycles. The SMILES string of the molecule is CN1C(=O)N[C@H]2[C@@H]3NC(=O)c4ccc(C(F)F)n4[C@@H]3C[C@]21O. The molecule has 7 nitrogen and oxygen atoms in total. The van der Waals surface area contributed by atoms with Crippen molar-refractivity contribution >= 4 is 11.9 Å². The average Bonchev–Trinajstić information content (AvgIpc) is 3.06. The van der Waals surface area contributed by atoms with Crippen molar-refractivity contribution < 1.29 is 23.5 Å². The van der Waals surface area contributed by atoms with Crippen molar-refractivity contribution in [3.05, 3.63) is 23.5 Å². The van der Waals surface area contributed by atoms with Crippen molar-refractivity contribution in [1.82, 2.24) is 20.1 Å². The molecule has 1 aliphatic carbocycles. The molecule has 4 atom stereocenters. The molecule has 118 valence electrons. The van der Waals surface area contributed by atoms with Gasteiger partial charge in [0, 0.05) is 13.5 Å². The molecule has 0 aromatic carbocycles. The van der Waals surface area contributed by atoms with Gasteiger partial charge in [0.05, 0.1) is 17.8 Å². The van der Waals surface area contributed by atoms with E-state index in [0.29, 0.717) is 0 Å². The molecule has 3 N–H and O–H groups in total. The first-order valence-electron chi connectivity index (χ1n) is 6.91. The van der Waals surface area contributed by atoms with Gasteiger partial charge in [-0.15, -0.1) is 0 Å². The normalized spacial score (nSPS) is 36.0. The maximum atomic E-state index is 13.2. The Balaban J connectivity index is 1.83. The first kappa shape index (κ1) is 13.5. The number of aliphatic hydroxyl groups is 1. The molecule has 9 heteroatoms. The van der Waals surface area contributed by atoms with E-state index in [1.54, 1.807) is 0 Å². The van der Waals surface area contributed by atoms with Crippen LogP contribution in [0.4, 0.5) is 13.6 Å². The summed E-state index contributed by atoms with van der Waals surface area (Å²) >= 11 is 0. The van der Waals surface area contributed by atoms with E-state index < -0.39 is 42.2 Å². The number of urea groups is 1. The quantitative estimate of drug-likeness (QED) is 0.692. The molecule has 1 aromatic rings. The smallest absolute Gasteiger partial charge is 0.319 e. The Kier molecular flexibility index (Phi) is 2.44. The third kappa shape index (κ3) is 1.41. The van der Waals surface area contributed by atoms with Crippen LogP contribution in [-0.4, -0.2) is 51.4 Å². The fourth-order valence-electron chi connectivity index (χ4n) is 3.88. The molecule has 0 bridgehead atoms. The van der Waals surface area contributed by atoms with Gasteiger partial charge in [-0.2, -0.15) is 0 Å². The summed E-state index contributed by atoms with van der Waals surface area (Å²) in [7, 11) is 1.44. The van der Waals surface area contributed by atoms with E-state index in [9.17, 15) is 23.5 Å². The van der Waals surface area contributed by atoms with E-state index in [1.807, 2.05) is 0 Å². The van der Waals surface area contributed by atoms with Crippen LogP contribution < -0.4 is 10.6 Å². The molecule has 2 fully saturated rings. The number of likely N-dealkylation sites (N-methyl/N-ethyl adjacent to an activating group) is 1. The van der Waals surface area contributed by atoms with Crippen molar-refractivity contribution in [2.45, 2.75) is 36.7 Å². The number of hydrogen-bond acceptors (Lipinski definition) is 3. The van der Waals surface area contributed by atoms with E-state index in [2.05, 4.69) is 10.6 Å². The standard InChI is InChI=1S/C13H14F2N4O3/c1-18-12(21)17-9-8-7(4-13(9,18)22)19-5(10(14)15)2-3-6(19)11(20)16-8/h2-3,7-10,22H,4H2,1H3,(H,16,20)(H,17,21)/t7-,8-,9+,13+/m1/s1. The van der Waals surface area contributed by atoms with Gasteiger partial charge >= 0.3 is 6.03 Å². The summed E-state index contributed by atoms with van der Waals surface area (Å²) in [4.78, 5) is 25.0. The van der Waals surface area contributed by atoms with Crippen LogP contribution in [0.5, 0.6) is 0 Å². The second-order valence-corrected chi connectivity index (χ2v) is 5.95. The maximum Gasteiger partial charge on any atom is 0.319 e. The van der Waals surface area contributed by atoms with Crippen molar-refractivity contribution in [3.63, 3.8) is 0 Å². The molecule has 4 rings (SSSR count). The van der Waals surface area contributed by atoms with Crippen molar-refractivity contribution in [3.8, 4) is 0 Å². The molecule has 22 heavy (non-hydrogen) atoms. The summed E-state index contributed by atoms with van der Waals surface area (Å²) < 4.78 is 27.7. The first-order valence-corrected chi connectivity index (χ1v) is 6.91. The second-order valence-electron chi connectivity index (χ2n) is 5.95. The summed E-state index contributed by atoms with van der Waals surface area (Å²) in [6, 6.07) is 0.219. The number of nitrogens with zero attached hydrogens (tertiary/aromatic N) is 2. The second kappa shape index (κ2) is 3.97. The molecule has 1 saturated heterocycles. The van der Waals surface area contributed by atoms with Crippen molar-refractivity contribution in [1.29, 1.82) is 0 Å². The number of rotatable bonds is 1. The molecular weight excluding hydrogens is 298 g/mol. The van der Waals surface area contributed by atoms with Crippen molar-refractivity contribution in [2.24, 2.45) is 0 Å². The van der Waals surface area contributed by atoms with Gasteiger partial charge in [-0.05, 0) is 12.1 Å². The maximum absolute atomic E-state index is 13.2. The Morgan fingerprint density at radius 3 is 2.77 bits per heavy atom. The fraction of sp³-hybridized carbons (Fsp3) is 0.538. The lowest BCUT2D eigenvalue weighted by molar-refractivity contribution is -0.0563. The van der Waals surface area contributed by atoms with Crippen LogP contribution in [0.2, 0.25) is 0 Å². The number of amides is 3. The van der Waals surface area contributed by atoms with Crippen LogP contribution in [0.3, 0.4) is 0 Å². The Bertz CT molecular complexity index is 691. The molecule has 1 aromatic heterocycles. The summed E-state index contributed by atoms with van der Waals surface area (Å²) in [5, 5.41) is 16.1. The molecular formula is C13H14F2N4O3. The van der Waals surface area contributed by atoms with Gasteiger partial charge in [-0.1, -0.05) is 0 Å². The number of carbonyl (C=O) groups is 2. The lowest BCUT2D eigenvalue weighted by Gasteiger charge is -2.32. The van der Waals surface area contributed by atoms with Crippen LogP contribution in [0.1, 0.15) is 35.1 Å². The van der Waals surface area contributed by atoms with E-state index >= 15 is 0 Å². The predicted molar refractivity (Wildman–Crippen MR) is 69.3 cm³/mol. The Hall–Kier alpha value is -2.16. The Morgan fingerprint density at radius 1 is 1.36 bits per heavy atom. The van der Waals surface area contributed by atoms with Gasteiger partial charge in [-0.3, -0.25) is 9.69 Å². The minimum atomic E-state index is -2.72. The number of hydrogen-bond donors (Lipinski definition) is 3. The number of nitrogens with one attached hydrogen (secondary N) is 2. The highest BCUT2D eigenvalue weighted by Gasteiger charge is 2.63. The molecule has 3 aliphatic rings. The van der Waals surface area contributed by atoms with E-state index in [1.165, 1.54) is 23.7 Å². The highest BCUT2D eigenvalue weighted by atomic mass is 19.3. The zero-order chi connectivity index (χ0) is 15.8. The lowest BCUT2D eigenvalue weighted by atomic mass is 10.0. The Labute approximate surface area is 123 Å². The van der Waals surface area contributed by atoms with E-state index in [0.717, 1.165) is 4.90 Å². The zero-order valence-electron chi connectivity index (χ0n) is 11.6. The van der Waals surface area contributed by atoms with Crippen LogP contribution in [0.15, 0.2) is 12.1 Å². The number of halogens is 2.